The molecule has 0 saturated carbocycles. The Morgan fingerprint density at radius 3 is 3.00 bits per heavy atom. The minimum atomic E-state index is 0.386. The Balaban J connectivity index is 3.12. The van der Waals surface area contributed by atoms with Crippen LogP contribution in [0.1, 0.15) is 18.4 Å². The van der Waals surface area contributed by atoms with Crippen molar-refractivity contribution in [2.24, 2.45) is 0 Å². The van der Waals surface area contributed by atoms with Crippen LogP contribution in [0.5, 0.6) is 0 Å². The topological polar surface area (TPSA) is 28.7 Å². The fraction of sp³-hybridized carbons (Fsp3) is 0.429. The number of halogens is 1. The van der Waals surface area contributed by atoms with Crippen LogP contribution >= 0.6 is 23.8 Å². The van der Waals surface area contributed by atoms with E-state index in [1.165, 1.54) is 0 Å². The number of hydrogen-bond acceptors (Lipinski definition) is 2. The van der Waals surface area contributed by atoms with E-state index in [1.54, 1.807) is 0 Å². The molecule has 1 N–H and O–H groups in total. The van der Waals surface area contributed by atoms with Crippen LogP contribution in [-0.2, 0) is 12.3 Å². The predicted molar refractivity (Wildman–Crippen MR) is 48.4 cm³/mol. The number of alkyl halides is 1. The zero-order chi connectivity index (χ0) is 8.27. The van der Waals surface area contributed by atoms with E-state index < -0.39 is 0 Å². The Hall–Kier alpha value is -0.410. The van der Waals surface area contributed by atoms with Crippen molar-refractivity contribution in [3.05, 3.63) is 22.2 Å². The second-order valence-electron chi connectivity index (χ2n) is 2.18. The maximum atomic E-state index is 5.59. The Morgan fingerprint density at radius 1 is 1.73 bits per heavy atom. The van der Waals surface area contributed by atoms with E-state index >= 15 is 0 Å². The highest BCUT2D eigenvalue weighted by molar-refractivity contribution is 7.71. The second-order valence-corrected chi connectivity index (χ2v) is 2.86. The molecule has 0 unspecified atom stereocenters. The molecule has 1 heterocycles. The van der Waals surface area contributed by atoms with E-state index in [0.29, 0.717) is 10.5 Å². The number of H-pyrrole nitrogens is 1. The summed E-state index contributed by atoms with van der Waals surface area (Å²) in [4.78, 5) is 7.10. The monoisotopic (exact) mass is 188 g/mol. The van der Waals surface area contributed by atoms with E-state index in [0.717, 1.165) is 17.9 Å². The largest absolute Gasteiger partial charge is 0.346 e. The molecule has 60 valence electrons. The van der Waals surface area contributed by atoms with Gasteiger partial charge in [-0.1, -0.05) is 19.1 Å². The van der Waals surface area contributed by atoms with Gasteiger partial charge in [0.2, 0.25) is 0 Å². The molecule has 0 aromatic carbocycles. The van der Waals surface area contributed by atoms with E-state index in [2.05, 4.69) is 16.9 Å². The van der Waals surface area contributed by atoms with Crippen molar-refractivity contribution < 1.29 is 0 Å². The van der Waals surface area contributed by atoms with Gasteiger partial charge in [-0.3, -0.25) is 0 Å². The lowest BCUT2D eigenvalue weighted by Crippen LogP contribution is -1.95. The summed E-state index contributed by atoms with van der Waals surface area (Å²) in [7, 11) is 0. The number of aryl methyl sites for hydroxylation is 1. The van der Waals surface area contributed by atoms with Crippen molar-refractivity contribution in [1.29, 1.82) is 0 Å². The van der Waals surface area contributed by atoms with Crippen LogP contribution in [0.3, 0.4) is 0 Å². The summed E-state index contributed by atoms with van der Waals surface area (Å²) in [5, 5.41) is 0. The first-order valence-corrected chi connectivity index (χ1v) is 4.35. The Kier molecular flexibility index (Phi) is 3.02. The van der Waals surface area contributed by atoms with Gasteiger partial charge in [0.05, 0.1) is 5.88 Å². The van der Waals surface area contributed by atoms with Gasteiger partial charge in [0.15, 0.2) is 0 Å². The van der Waals surface area contributed by atoms with Crippen molar-refractivity contribution in [3.8, 4) is 0 Å². The number of nitrogens with one attached hydrogen (secondary N) is 1. The average Bonchev–Trinajstić information content (AvgIpc) is 2.03. The highest BCUT2D eigenvalue weighted by Crippen LogP contribution is 2.00. The van der Waals surface area contributed by atoms with Crippen molar-refractivity contribution in [3.63, 3.8) is 0 Å². The van der Waals surface area contributed by atoms with Crippen molar-refractivity contribution in [1.82, 2.24) is 9.97 Å². The average molecular weight is 189 g/mol. The summed E-state index contributed by atoms with van der Waals surface area (Å²) in [6.07, 6.45) is 0.927. The van der Waals surface area contributed by atoms with Crippen LogP contribution in [0.25, 0.3) is 0 Å². The molecule has 0 fully saturated rings. The molecule has 0 aliphatic heterocycles. The van der Waals surface area contributed by atoms with Gasteiger partial charge in [0, 0.05) is 5.69 Å². The highest BCUT2D eigenvalue weighted by Gasteiger charge is 1.94. The maximum Gasteiger partial charge on any atom is 0.130 e. The van der Waals surface area contributed by atoms with Crippen LogP contribution in [0, 0.1) is 4.64 Å². The fourth-order valence-corrected chi connectivity index (χ4v) is 1.20. The summed E-state index contributed by atoms with van der Waals surface area (Å²) in [5.74, 6) is 1.13. The normalized spacial score (nSPS) is 10.0. The highest BCUT2D eigenvalue weighted by atomic mass is 35.5. The third kappa shape index (κ3) is 2.27. The molecule has 0 atom stereocenters. The molecule has 0 aliphatic rings. The molecule has 4 heteroatoms. The molecular weight excluding hydrogens is 180 g/mol. The number of aromatic amines is 1. The van der Waals surface area contributed by atoms with Gasteiger partial charge in [0.1, 0.15) is 10.5 Å². The molecule has 0 saturated heterocycles. The summed E-state index contributed by atoms with van der Waals surface area (Å²) < 4.78 is 0.608. The van der Waals surface area contributed by atoms with Crippen LogP contribution < -0.4 is 0 Å². The summed E-state index contributed by atoms with van der Waals surface area (Å²) in [6, 6.07) is 1.85. The van der Waals surface area contributed by atoms with Crippen molar-refractivity contribution >= 4 is 23.8 Å². The number of aromatic nitrogens is 2. The predicted octanol–water partition coefficient (Wildman–Crippen LogP) is 2.44. The molecule has 0 bridgehead atoms. The summed E-state index contributed by atoms with van der Waals surface area (Å²) >= 11 is 10.5. The van der Waals surface area contributed by atoms with Gasteiger partial charge in [-0.25, -0.2) is 4.98 Å². The molecule has 0 spiro atoms. The molecule has 0 amide bonds. The molecule has 0 radical (unpaired) electrons. The van der Waals surface area contributed by atoms with E-state index in [9.17, 15) is 0 Å². The quantitative estimate of drug-likeness (QED) is 0.571. The minimum absolute atomic E-state index is 0.386. The van der Waals surface area contributed by atoms with Crippen LogP contribution in [-0.4, -0.2) is 9.97 Å². The van der Waals surface area contributed by atoms with Crippen LogP contribution in [0.2, 0.25) is 0 Å². The molecule has 1 aromatic rings. The molecule has 0 aliphatic carbocycles. The van der Waals surface area contributed by atoms with Gasteiger partial charge in [-0.05, 0) is 12.5 Å². The van der Waals surface area contributed by atoms with Gasteiger partial charge < -0.3 is 4.98 Å². The van der Waals surface area contributed by atoms with Gasteiger partial charge in [-0.2, -0.15) is 0 Å². The molecule has 2 nitrogen and oxygen atoms in total. The first-order chi connectivity index (χ1) is 5.26. The number of hydrogen-bond donors (Lipinski definition) is 1. The lowest BCUT2D eigenvalue weighted by molar-refractivity contribution is 0.931. The SMILES string of the molecule is CCc1cc(=S)nc(CCl)[nH]1. The van der Waals surface area contributed by atoms with Gasteiger partial charge in [0.25, 0.3) is 0 Å². The zero-order valence-electron chi connectivity index (χ0n) is 6.22. The van der Waals surface area contributed by atoms with Gasteiger partial charge in [-0.15, -0.1) is 11.6 Å². The molecule has 1 rings (SSSR count). The smallest absolute Gasteiger partial charge is 0.130 e. The third-order valence-corrected chi connectivity index (χ3v) is 1.82. The molecular formula is C7H9ClN2S. The lowest BCUT2D eigenvalue weighted by Gasteiger charge is -1.99. The second kappa shape index (κ2) is 3.83. The Bertz CT molecular complexity index is 269. The summed E-state index contributed by atoms with van der Waals surface area (Å²) in [5.41, 5.74) is 1.08. The minimum Gasteiger partial charge on any atom is -0.346 e. The maximum absolute atomic E-state index is 5.59. The first kappa shape index (κ1) is 8.68. The van der Waals surface area contributed by atoms with E-state index in [-0.39, 0.29) is 0 Å². The Morgan fingerprint density at radius 2 is 2.45 bits per heavy atom. The number of rotatable bonds is 2. The number of nitrogens with zero attached hydrogens (tertiary/aromatic N) is 1. The third-order valence-electron chi connectivity index (χ3n) is 1.36. The molecule has 1 aromatic heterocycles. The van der Waals surface area contributed by atoms with Crippen LogP contribution in [0.15, 0.2) is 6.07 Å². The van der Waals surface area contributed by atoms with Crippen LogP contribution in [0.4, 0.5) is 0 Å². The van der Waals surface area contributed by atoms with E-state index in [1.807, 2.05) is 6.07 Å². The zero-order valence-corrected chi connectivity index (χ0v) is 7.80. The fourth-order valence-electron chi connectivity index (χ4n) is 0.817. The Labute approximate surface area is 75.6 Å². The lowest BCUT2D eigenvalue weighted by atomic mass is 10.3. The van der Waals surface area contributed by atoms with Gasteiger partial charge >= 0.3 is 0 Å². The standard InChI is InChI=1S/C7H9ClN2S/c1-2-5-3-7(11)10-6(4-8)9-5/h3H,2,4H2,1H3,(H,9,10,11). The molecule has 11 heavy (non-hydrogen) atoms. The van der Waals surface area contributed by atoms with Crippen molar-refractivity contribution in [2.75, 3.05) is 0 Å². The van der Waals surface area contributed by atoms with Crippen molar-refractivity contribution in [2.45, 2.75) is 19.2 Å². The first-order valence-electron chi connectivity index (χ1n) is 3.41. The van der Waals surface area contributed by atoms with E-state index in [4.69, 9.17) is 23.8 Å². The summed E-state index contributed by atoms with van der Waals surface area (Å²) in [6.45, 7) is 2.05.